The Morgan fingerprint density at radius 1 is 0.195 bits per heavy atom. The van der Waals surface area contributed by atoms with Crippen molar-refractivity contribution in [2.75, 3.05) is 72.0 Å². The van der Waals surface area contributed by atoms with E-state index in [1.54, 1.807) is 0 Å². The van der Waals surface area contributed by atoms with Crippen LogP contribution in [0.4, 0.5) is 0 Å². The van der Waals surface area contributed by atoms with E-state index in [2.05, 4.69) is 75.0 Å². The summed E-state index contributed by atoms with van der Waals surface area (Å²) in [5, 5.41) is 11.2. The third-order valence-electron chi connectivity index (χ3n) is 28.8. The van der Waals surface area contributed by atoms with E-state index in [4.69, 9.17) is 0 Å². The molecule has 0 aliphatic rings. The van der Waals surface area contributed by atoms with Crippen molar-refractivity contribution >= 4 is 80.7 Å². The molecule has 1 N–H and O–H groups in total. The molecule has 0 spiro atoms. The standard InChI is InChI=1S/C116H232N4O4.CH3.3K/c1-9-17-25-33-41-49-57-65-73-84-98-117(99-85-74-66-58-50-42-34-26-18-10-2)104-92-81-95-111(114(121)110-112(116(123)124)96-82-93-105-118(100-86-75-67-59-51-43-35-27-19-11-3)101-87-76-68-60-52-44-36-28-20-12-4)109-115(122)113(120(107-90-79-71-63-55-47-39-31-23-15-7)108-91-80-72-64-56-48-40-32-24-16-8)97-83-94-106-119(102-88-77-69-61-53-45-37-29-21-13-5)103-89-78-70-62-54-46-38-30-22-14-6;;;;/h111-113H,9-110H2,1-8H3,(H,123,124);1H3;;;/q;-1;;;+1. The van der Waals surface area contributed by atoms with Crippen molar-refractivity contribution < 1.29 is 70.9 Å². The van der Waals surface area contributed by atoms with Crippen LogP contribution < -0.4 is 51.4 Å². The maximum atomic E-state index is 16.2. The number of unbranched alkanes of at least 4 members (excludes halogenated alkanes) is 75. The van der Waals surface area contributed by atoms with E-state index in [1.165, 1.54) is 577 Å². The average molecular weight is 1880 g/mol. The van der Waals surface area contributed by atoms with Crippen LogP contribution in [0.15, 0.2) is 0 Å². The first kappa shape index (κ1) is 138. The second-order valence-electron chi connectivity index (χ2n) is 41.1. The third kappa shape index (κ3) is 102. The quantitative estimate of drug-likeness (QED) is 0.0366. The molecule has 0 saturated carbocycles. The Morgan fingerprint density at radius 2 is 0.336 bits per heavy atom. The number of hydrogen-bond donors (Lipinski definition) is 1. The van der Waals surface area contributed by atoms with Crippen molar-refractivity contribution in [1.29, 1.82) is 0 Å². The van der Waals surface area contributed by atoms with Crippen molar-refractivity contribution in [3.8, 4) is 0 Å². The number of carboxylic acids is 1. The van der Waals surface area contributed by atoms with Crippen LogP contribution in [0.1, 0.15) is 640 Å². The Morgan fingerprint density at radius 3 is 0.516 bits per heavy atom. The first-order valence-electron chi connectivity index (χ1n) is 59.3. The van der Waals surface area contributed by atoms with Crippen LogP contribution >= 0.6 is 0 Å². The Balaban J connectivity index is -0.0000191. The van der Waals surface area contributed by atoms with E-state index in [-0.39, 0.29) is 83.5 Å². The zero-order valence-electron chi connectivity index (χ0n) is 90.8. The van der Waals surface area contributed by atoms with Crippen LogP contribution in [0.3, 0.4) is 0 Å². The van der Waals surface area contributed by atoms with Gasteiger partial charge in [-0.05, 0) is 162 Å². The van der Waals surface area contributed by atoms with Crippen molar-refractivity contribution in [2.24, 2.45) is 11.8 Å². The molecule has 0 rings (SSSR count). The van der Waals surface area contributed by atoms with Gasteiger partial charge >= 0.3 is 121 Å². The summed E-state index contributed by atoms with van der Waals surface area (Å²) >= 11 is 2.50. The summed E-state index contributed by atoms with van der Waals surface area (Å²) in [4.78, 5) is 56.7. The zero-order valence-corrected chi connectivity index (χ0v) is 100. The second kappa shape index (κ2) is 119. The first-order valence-corrected chi connectivity index (χ1v) is 75.3. The Bertz CT molecular complexity index is 1980. The van der Waals surface area contributed by atoms with E-state index in [0.29, 0.717) is 18.6 Å². The molecule has 0 heterocycles. The molecule has 0 saturated heterocycles. The summed E-state index contributed by atoms with van der Waals surface area (Å²) in [6, 6.07) is -0.193. The summed E-state index contributed by atoms with van der Waals surface area (Å²) in [7, 11) is 0. The van der Waals surface area contributed by atoms with Gasteiger partial charge in [0.2, 0.25) is 0 Å². The van der Waals surface area contributed by atoms with Gasteiger partial charge in [0.25, 0.3) is 0 Å². The minimum absolute atomic E-state index is 0. The SMILES string of the molecule is CCCCCCCCCCCCN(CCCCCCCCCCCC)CCCCC(CC(=O)C(CCCCN(CCCCCCCCCCCC)CCCCCCCCCCCC)CC(=O)C(CCCCN(CCCCCCCCCCCC)CCCCCCCCCCCC)N(CCCCCCCCCCCC)CCCCCCCCCCCC)C(=O)O.[CH3-].[K+].[K][K]. The molecule has 8 nitrogen and oxygen atoms in total. The molecular formula is C117H235K3N4O4. The predicted octanol–water partition coefficient (Wildman–Crippen LogP) is 34.4. The van der Waals surface area contributed by atoms with Gasteiger partial charge in [-0.1, -0.05) is 537 Å². The number of carbonyl (C=O) groups is 3. The van der Waals surface area contributed by atoms with Crippen molar-refractivity contribution in [2.45, 2.75) is 646 Å². The normalized spacial score (nSPS) is 12.4. The molecule has 0 aromatic heterocycles. The van der Waals surface area contributed by atoms with Gasteiger partial charge in [-0.2, -0.15) is 0 Å². The molecule has 0 radical (unpaired) electrons. The number of aliphatic carboxylic acids is 1. The van der Waals surface area contributed by atoms with Crippen LogP contribution in [0, 0.1) is 19.3 Å². The fraction of sp³-hybridized carbons (Fsp3) is 0.966. The Labute approximate surface area is 896 Å². The topological polar surface area (TPSA) is 84.4 Å². The molecule has 0 bridgehead atoms. The fourth-order valence-electron chi connectivity index (χ4n) is 20.1. The van der Waals surface area contributed by atoms with Crippen molar-refractivity contribution in [3.05, 3.63) is 7.43 Å². The Hall–Kier alpha value is 3.56. The van der Waals surface area contributed by atoms with Gasteiger partial charge in [-0.15, -0.1) is 0 Å². The van der Waals surface area contributed by atoms with Crippen molar-refractivity contribution in [1.82, 2.24) is 19.6 Å². The van der Waals surface area contributed by atoms with Crippen LogP contribution in [0.2, 0.25) is 0 Å². The Kier molecular flexibility index (Phi) is 128. The molecular weight excluding hydrogens is 1640 g/mol. The van der Waals surface area contributed by atoms with Crippen LogP contribution in [-0.4, -0.2) is 183 Å². The second-order valence-corrected chi connectivity index (χ2v) is 41.1. The van der Waals surface area contributed by atoms with E-state index in [0.717, 1.165) is 117 Å². The van der Waals surface area contributed by atoms with Gasteiger partial charge in [-0.25, -0.2) is 0 Å². The molecule has 0 aliphatic carbocycles. The summed E-state index contributed by atoms with van der Waals surface area (Å²) in [5.74, 6) is -1.58. The van der Waals surface area contributed by atoms with Crippen LogP contribution in [0.25, 0.3) is 0 Å². The molecule has 3 unspecified atom stereocenters. The molecule has 0 aromatic rings. The molecule has 3 atom stereocenters. The van der Waals surface area contributed by atoms with Gasteiger partial charge in [0.05, 0.1) is 12.0 Å². The van der Waals surface area contributed by atoms with Crippen LogP contribution in [-0.2, 0) is 14.4 Å². The van der Waals surface area contributed by atoms with E-state index < -0.39 is 17.8 Å². The molecule has 0 aromatic carbocycles. The summed E-state index contributed by atoms with van der Waals surface area (Å²) in [6.07, 6.45) is 116. The number of rotatable bonds is 111. The van der Waals surface area contributed by atoms with Gasteiger partial charge < -0.3 is 27.2 Å². The fourth-order valence-corrected chi connectivity index (χ4v) is 20.1. The van der Waals surface area contributed by atoms with Crippen LogP contribution in [0.5, 0.6) is 0 Å². The number of Topliss-reactive ketones (excluding diaryl/α,β-unsaturated/α-hetero) is 2. The average Bonchev–Trinajstić information content (AvgIpc) is 0.856. The van der Waals surface area contributed by atoms with Gasteiger partial charge in [-0.3, -0.25) is 19.3 Å². The predicted molar refractivity (Wildman–Crippen MR) is 573 cm³/mol. The summed E-state index contributed by atoms with van der Waals surface area (Å²) in [5.41, 5.74) is 0. The zero-order chi connectivity index (χ0) is 91.9. The molecule has 0 amide bonds. The number of carbonyl (C=O) groups excluding carboxylic acids is 2. The number of nitrogens with zero attached hydrogens (tertiary/aromatic N) is 4. The molecule has 0 aliphatic heterocycles. The molecule has 750 valence electrons. The van der Waals surface area contributed by atoms with Gasteiger partial charge in [0.15, 0.2) is 5.78 Å². The number of ketones is 2. The molecule has 11 heteroatoms. The minimum atomic E-state index is -0.812. The van der Waals surface area contributed by atoms with E-state index >= 15 is 9.59 Å². The monoisotopic (exact) mass is 1880 g/mol. The van der Waals surface area contributed by atoms with Crippen molar-refractivity contribution in [3.63, 3.8) is 0 Å². The maximum absolute atomic E-state index is 16.2. The number of hydrogen-bond acceptors (Lipinski definition) is 7. The van der Waals surface area contributed by atoms with Gasteiger partial charge in [0.1, 0.15) is 5.78 Å². The summed E-state index contributed by atoms with van der Waals surface area (Å²) in [6.45, 7) is 30.7. The summed E-state index contributed by atoms with van der Waals surface area (Å²) < 4.78 is 0. The van der Waals surface area contributed by atoms with E-state index in [9.17, 15) is 9.90 Å². The molecule has 0 fully saturated rings. The first-order chi connectivity index (χ1) is 62.1. The van der Waals surface area contributed by atoms with Gasteiger partial charge in [0, 0.05) is 18.8 Å². The van der Waals surface area contributed by atoms with E-state index in [1.807, 2.05) is 0 Å². The number of carboxylic acid groups (broad SMARTS) is 1. The molecule has 128 heavy (non-hydrogen) atoms. The third-order valence-corrected chi connectivity index (χ3v) is 28.8.